The molecule has 1 aromatic carbocycles. The van der Waals surface area contributed by atoms with Crippen LogP contribution in [0.5, 0.6) is 5.75 Å². The minimum absolute atomic E-state index is 0.0904. The Kier molecular flexibility index (Phi) is 5.08. The zero-order chi connectivity index (χ0) is 12.0. The SMILES string of the molecule is COCCCOc1cccc(Cl)c1C(=N)N. The average molecular weight is 243 g/mol. The van der Waals surface area contributed by atoms with Gasteiger partial charge in [-0.1, -0.05) is 17.7 Å². The van der Waals surface area contributed by atoms with Gasteiger partial charge >= 0.3 is 0 Å². The van der Waals surface area contributed by atoms with E-state index in [0.29, 0.717) is 29.5 Å². The summed E-state index contributed by atoms with van der Waals surface area (Å²) >= 11 is 5.94. The van der Waals surface area contributed by atoms with Crippen molar-refractivity contribution in [2.75, 3.05) is 20.3 Å². The van der Waals surface area contributed by atoms with Gasteiger partial charge in [0.05, 0.1) is 17.2 Å². The molecule has 3 N–H and O–H groups in total. The number of nitrogens with one attached hydrogen (secondary N) is 1. The van der Waals surface area contributed by atoms with Crippen LogP contribution in [0.4, 0.5) is 0 Å². The predicted molar refractivity (Wildman–Crippen MR) is 64.5 cm³/mol. The van der Waals surface area contributed by atoms with Crippen LogP contribution in [0.1, 0.15) is 12.0 Å². The van der Waals surface area contributed by atoms with Crippen LogP contribution >= 0.6 is 11.6 Å². The van der Waals surface area contributed by atoms with E-state index in [9.17, 15) is 0 Å². The quantitative estimate of drug-likeness (QED) is 0.456. The minimum Gasteiger partial charge on any atom is -0.493 e. The minimum atomic E-state index is -0.0904. The molecule has 1 aromatic rings. The normalized spacial score (nSPS) is 10.1. The maximum atomic E-state index is 7.42. The number of hydrogen-bond donors (Lipinski definition) is 2. The van der Waals surface area contributed by atoms with E-state index < -0.39 is 0 Å². The monoisotopic (exact) mass is 242 g/mol. The molecule has 0 aliphatic carbocycles. The smallest absolute Gasteiger partial charge is 0.131 e. The Balaban J connectivity index is 2.71. The second kappa shape index (κ2) is 6.35. The average Bonchev–Trinajstić information content (AvgIpc) is 2.24. The number of halogens is 1. The Morgan fingerprint density at radius 3 is 2.81 bits per heavy atom. The van der Waals surface area contributed by atoms with Crippen LogP contribution in [-0.2, 0) is 4.74 Å². The number of amidine groups is 1. The Hall–Kier alpha value is -1.26. The van der Waals surface area contributed by atoms with Crippen LogP contribution < -0.4 is 10.5 Å². The molecule has 0 aromatic heterocycles. The summed E-state index contributed by atoms with van der Waals surface area (Å²) in [6.45, 7) is 1.14. The largest absolute Gasteiger partial charge is 0.493 e. The van der Waals surface area contributed by atoms with E-state index in [1.165, 1.54) is 0 Å². The molecule has 0 fully saturated rings. The molecule has 0 aliphatic heterocycles. The van der Waals surface area contributed by atoms with Gasteiger partial charge in [0.1, 0.15) is 11.6 Å². The molecule has 0 aliphatic rings. The van der Waals surface area contributed by atoms with Gasteiger partial charge < -0.3 is 15.2 Å². The standard InChI is InChI=1S/C11H15ClN2O2/c1-15-6-3-7-16-9-5-2-4-8(12)10(9)11(13)14/h2,4-5H,3,6-7H2,1H3,(H3,13,14). The van der Waals surface area contributed by atoms with Crippen molar-refractivity contribution >= 4 is 17.4 Å². The van der Waals surface area contributed by atoms with Crippen LogP contribution in [0.15, 0.2) is 18.2 Å². The molecular formula is C11H15ClN2O2. The van der Waals surface area contributed by atoms with E-state index in [1.54, 1.807) is 25.3 Å². The summed E-state index contributed by atoms with van der Waals surface area (Å²) in [6.07, 6.45) is 0.778. The van der Waals surface area contributed by atoms with Gasteiger partial charge in [0, 0.05) is 20.1 Å². The summed E-state index contributed by atoms with van der Waals surface area (Å²) in [5.74, 6) is 0.448. The zero-order valence-electron chi connectivity index (χ0n) is 9.13. The van der Waals surface area contributed by atoms with Gasteiger partial charge in [0.15, 0.2) is 0 Å². The van der Waals surface area contributed by atoms with E-state index >= 15 is 0 Å². The van der Waals surface area contributed by atoms with Gasteiger partial charge in [-0.15, -0.1) is 0 Å². The lowest BCUT2D eigenvalue weighted by Crippen LogP contribution is -2.14. The van der Waals surface area contributed by atoms with E-state index in [-0.39, 0.29) is 5.84 Å². The highest BCUT2D eigenvalue weighted by molar-refractivity contribution is 6.34. The van der Waals surface area contributed by atoms with Crippen molar-refractivity contribution in [2.24, 2.45) is 5.73 Å². The number of nitrogens with two attached hydrogens (primary N) is 1. The first-order valence-electron chi connectivity index (χ1n) is 4.91. The van der Waals surface area contributed by atoms with Gasteiger partial charge in [-0.05, 0) is 12.1 Å². The predicted octanol–water partition coefficient (Wildman–Crippen LogP) is 2.04. The Morgan fingerprint density at radius 2 is 2.19 bits per heavy atom. The van der Waals surface area contributed by atoms with Crippen molar-refractivity contribution in [3.63, 3.8) is 0 Å². The van der Waals surface area contributed by atoms with Gasteiger partial charge in [0.25, 0.3) is 0 Å². The topological polar surface area (TPSA) is 68.3 Å². The molecule has 0 amide bonds. The van der Waals surface area contributed by atoms with Gasteiger partial charge in [-0.2, -0.15) is 0 Å². The van der Waals surface area contributed by atoms with Crippen LogP contribution in [0.3, 0.4) is 0 Å². The molecule has 88 valence electrons. The van der Waals surface area contributed by atoms with E-state index in [1.807, 2.05) is 0 Å². The van der Waals surface area contributed by atoms with Crippen molar-refractivity contribution in [3.8, 4) is 5.75 Å². The fraction of sp³-hybridized carbons (Fsp3) is 0.364. The van der Waals surface area contributed by atoms with Crippen molar-refractivity contribution in [3.05, 3.63) is 28.8 Å². The molecule has 0 saturated carbocycles. The molecule has 0 bridgehead atoms. The maximum absolute atomic E-state index is 7.42. The summed E-state index contributed by atoms with van der Waals surface area (Å²) < 4.78 is 10.4. The summed E-state index contributed by atoms with van der Waals surface area (Å²) in [5.41, 5.74) is 5.89. The highest BCUT2D eigenvalue weighted by Gasteiger charge is 2.10. The fourth-order valence-electron chi connectivity index (χ4n) is 1.27. The van der Waals surface area contributed by atoms with Crippen LogP contribution in [0, 0.1) is 5.41 Å². The second-order valence-electron chi connectivity index (χ2n) is 3.22. The number of rotatable bonds is 6. The van der Waals surface area contributed by atoms with Crippen LogP contribution in [-0.4, -0.2) is 26.2 Å². The Bertz CT molecular complexity index is 369. The van der Waals surface area contributed by atoms with Crippen molar-refractivity contribution < 1.29 is 9.47 Å². The first kappa shape index (κ1) is 12.8. The summed E-state index contributed by atoms with van der Waals surface area (Å²) in [7, 11) is 1.64. The third kappa shape index (κ3) is 3.40. The van der Waals surface area contributed by atoms with Gasteiger partial charge in [-0.25, -0.2) is 0 Å². The molecule has 16 heavy (non-hydrogen) atoms. The van der Waals surface area contributed by atoms with E-state index in [0.717, 1.165) is 6.42 Å². The molecule has 1 rings (SSSR count). The molecule has 0 radical (unpaired) electrons. The molecule has 0 unspecified atom stereocenters. The number of methoxy groups -OCH3 is 1. The molecule has 5 heteroatoms. The maximum Gasteiger partial charge on any atom is 0.131 e. The third-order valence-corrected chi connectivity index (χ3v) is 2.31. The molecule has 0 spiro atoms. The third-order valence-electron chi connectivity index (χ3n) is 2.00. The highest BCUT2D eigenvalue weighted by Crippen LogP contribution is 2.25. The molecule has 0 heterocycles. The highest BCUT2D eigenvalue weighted by atomic mass is 35.5. The molecular weight excluding hydrogens is 228 g/mol. The second-order valence-corrected chi connectivity index (χ2v) is 3.63. The van der Waals surface area contributed by atoms with E-state index in [2.05, 4.69) is 0 Å². The van der Waals surface area contributed by atoms with Crippen LogP contribution in [0.2, 0.25) is 5.02 Å². The first-order valence-corrected chi connectivity index (χ1v) is 5.29. The summed E-state index contributed by atoms with van der Waals surface area (Å²) in [6, 6.07) is 5.19. The fourth-order valence-corrected chi connectivity index (χ4v) is 1.54. The van der Waals surface area contributed by atoms with Crippen molar-refractivity contribution in [2.45, 2.75) is 6.42 Å². The lowest BCUT2D eigenvalue weighted by atomic mass is 10.2. The number of hydrogen-bond acceptors (Lipinski definition) is 3. The molecule has 4 nitrogen and oxygen atoms in total. The lowest BCUT2D eigenvalue weighted by Gasteiger charge is -2.11. The molecule has 0 saturated heterocycles. The van der Waals surface area contributed by atoms with Crippen LogP contribution in [0.25, 0.3) is 0 Å². The number of benzene rings is 1. The first-order chi connectivity index (χ1) is 7.66. The van der Waals surface area contributed by atoms with Crippen molar-refractivity contribution in [1.29, 1.82) is 5.41 Å². The van der Waals surface area contributed by atoms with E-state index in [4.69, 9.17) is 32.2 Å². The lowest BCUT2D eigenvalue weighted by molar-refractivity contribution is 0.172. The zero-order valence-corrected chi connectivity index (χ0v) is 9.88. The summed E-state index contributed by atoms with van der Waals surface area (Å²) in [5, 5.41) is 7.85. The number of nitrogen functional groups attached to an aromatic ring is 1. The Labute approximate surface area is 99.8 Å². The van der Waals surface area contributed by atoms with Gasteiger partial charge in [-0.3, -0.25) is 5.41 Å². The Morgan fingerprint density at radius 1 is 1.44 bits per heavy atom. The summed E-state index contributed by atoms with van der Waals surface area (Å²) in [4.78, 5) is 0. The molecule has 0 atom stereocenters. The van der Waals surface area contributed by atoms with Crippen molar-refractivity contribution in [1.82, 2.24) is 0 Å². The van der Waals surface area contributed by atoms with Gasteiger partial charge in [0.2, 0.25) is 0 Å². The number of ether oxygens (including phenoxy) is 2.